The second-order valence-corrected chi connectivity index (χ2v) is 24.3. The normalized spacial score (nSPS) is 26.6. The smallest absolute Gasteiger partial charge is 0.192 e. The number of nitrogens with zero attached hydrogens (tertiary/aromatic N) is 4. The van der Waals surface area contributed by atoms with Gasteiger partial charge < -0.3 is 13.6 Å². The monoisotopic (exact) mass is 588 g/mol. The molecule has 0 radical (unpaired) electrons. The van der Waals surface area contributed by atoms with E-state index < -0.39 is 39.9 Å². The maximum atomic E-state index is 11.0. The summed E-state index contributed by atoms with van der Waals surface area (Å²) in [4.78, 5) is 4.45. The zero-order valence-corrected chi connectivity index (χ0v) is 28.8. The van der Waals surface area contributed by atoms with Gasteiger partial charge in [0.05, 0.1) is 30.0 Å². The van der Waals surface area contributed by atoms with Crippen LogP contribution in [0.25, 0.3) is 5.52 Å². The van der Waals surface area contributed by atoms with Crippen molar-refractivity contribution in [2.45, 2.75) is 114 Å². The highest BCUT2D eigenvalue weighted by molar-refractivity contribution is 7.98. The maximum Gasteiger partial charge on any atom is 0.192 e. The van der Waals surface area contributed by atoms with Crippen LogP contribution in [0, 0.1) is 16.7 Å². The maximum absolute atomic E-state index is 11.0. The van der Waals surface area contributed by atoms with Gasteiger partial charge in [-0.3, -0.25) is 0 Å². The van der Waals surface area contributed by atoms with Crippen molar-refractivity contribution in [3.63, 3.8) is 0 Å². The lowest BCUT2D eigenvalue weighted by molar-refractivity contribution is -0.0899. The minimum absolute atomic E-state index is 0.0415. The molecule has 3 rings (SSSR count). The molecule has 10 heteroatoms. The molecule has 1 aliphatic rings. The van der Waals surface area contributed by atoms with Gasteiger partial charge in [-0.2, -0.15) is 10.4 Å². The van der Waals surface area contributed by atoms with E-state index in [9.17, 15) is 5.26 Å². The molecule has 0 spiro atoms. The van der Waals surface area contributed by atoms with Crippen LogP contribution in [0.5, 0.6) is 0 Å². The predicted octanol–water partition coefficient (Wildman–Crippen LogP) is 7.56. The molecule has 2 aromatic heterocycles. The number of nitriles is 1. The summed E-state index contributed by atoms with van der Waals surface area (Å²) in [5.41, 5.74) is -0.404. The molecule has 0 saturated carbocycles. The van der Waals surface area contributed by atoms with Gasteiger partial charge in [-0.1, -0.05) is 47.6 Å². The Morgan fingerprint density at radius 1 is 1.15 bits per heavy atom. The van der Waals surface area contributed by atoms with Crippen molar-refractivity contribution in [1.82, 2.24) is 14.6 Å². The topological polar surface area (TPSA) is 81.7 Å². The number of aromatic nitrogens is 3. The molecule has 0 bridgehead atoms. The van der Waals surface area contributed by atoms with Crippen LogP contribution in [0.15, 0.2) is 36.1 Å². The van der Waals surface area contributed by atoms with Crippen LogP contribution < -0.4 is 0 Å². The predicted molar refractivity (Wildman–Crippen MR) is 165 cm³/mol. The van der Waals surface area contributed by atoms with Crippen LogP contribution in [-0.2, 0) is 19.2 Å². The average molecular weight is 589 g/mol. The van der Waals surface area contributed by atoms with E-state index in [2.05, 4.69) is 90.5 Å². The van der Waals surface area contributed by atoms with Gasteiger partial charge in [-0.05, 0) is 61.6 Å². The van der Waals surface area contributed by atoms with E-state index in [1.807, 2.05) is 35.9 Å². The fourth-order valence-electron chi connectivity index (χ4n) is 4.78. The van der Waals surface area contributed by atoms with Crippen molar-refractivity contribution in [3.8, 4) is 6.07 Å². The summed E-state index contributed by atoms with van der Waals surface area (Å²) in [5, 5.41) is 16.5. The van der Waals surface area contributed by atoms with Gasteiger partial charge in [-0.15, -0.1) is 18.3 Å². The largest absolute Gasteiger partial charge is 0.414 e. The summed E-state index contributed by atoms with van der Waals surface area (Å²) in [7, 11) is -4.40. The fraction of sp³-hybridized carbons (Fsp3) is 0.690. The van der Waals surface area contributed by atoms with Crippen molar-refractivity contribution in [2.24, 2.45) is 5.41 Å². The Labute approximate surface area is 242 Å². The molecule has 0 amide bonds. The zero-order chi connectivity index (χ0) is 29.7. The van der Waals surface area contributed by atoms with E-state index in [1.165, 1.54) is 0 Å². The van der Waals surface area contributed by atoms with E-state index >= 15 is 0 Å². The highest BCUT2D eigenvalue weighted by atomic mass is 32.2. The van der Waals surface area contributed by atoms with Crippen molar-refractivity contribution in [1.29, 1.82) is 5.26 Å². The summed E-state index contributed by atoms with van der Waals surface area (Å²) in [6.07, 6.45) is 4.88. The molecule has 7 nitrogen and oxygen atoms in total. The Bertz CT molecular complexity index is 1240. The lowest BCUT2D eigenvalue weighted by Crippen LogP contribution is -2.53. The van der Waals surface area contributed by atoms with Crippen LogP contribution in [0.3, 0.4) is 0 Å². The molecule has 39 heavy (non-hydrogen) atoms. The lowest BCUT2D eigenvalue weighted by Gasteiger charge is -2.44. The van der Waals surface area contributed by atoms with E-state index in [4.69, 9.17) is 13.6 Å². The SMILES string of the molecule is C=CC[C@@]1(c2ccc3c(SC)ncnn23)O[C@H](CO[Si](C)(C)C(C)(C)C)C(O[Si](C)(C)C(C)(C)C)[C@@]1(C)C#N. The summed E-state index contributed by atoms with van der Waals surface area (Å²) in [6, 6.07) is 6.72. The molecule has 216 valence electrons. The number of ether oxygens (including phenoxy) is 1. The molecule has 0 aromatic carbocycles. The number of hydrogen-bond acceptors (Lipinski definition) is 7. The number of thioether (sulfide) groups is 1. The Morgan fingerprint density at radius 3 is 2.28 bits per heavy atom. The highest BCUT2D eigenvalue weighted by Gasteiger charge is 2.67. The van der Waals surface area contributed by atoms with Crippen LogP contribution >= 0.6 is 11.8 Å². The molecule has 1 aliphatic heterocycles. The molecule has 3 heterocycles. The first-order valence-corrected chi connectivity index (χ1v) is 20.7. The van der Waals surface area contributed by atoms with Crippen LogP contribution in [0.2, 0.25) is 36.3 Å². The first-order chi connectivity index (χ1) is 17.8. The molecule has 0 aliphatic carbocycles. The fourth-order valence-corrected chi connectivity index (χ4v) is 7.69. The number of hydrogen-bond donors (Lipinski definition) is 0. The first kappa shape index (κ1) is 32.0. The first-order valence-electron chi connectivity index (χ1n) is 13.7. The van der Waals surface area contributed by atoms with Crippen molar-refractivity contribution >= 4 is 33.9 Å². The van der Waals surface area contributed by atoms with E-state index in [0.29, 0.717) is 13.0 Å². The third-order valence-corrected chi connectivity index (χ3v) is 19.1. The van der Waals surface area contributed by atoms with Crippen molar-refractivity contribution in [2.75, 3.05) is 12.9 Å². The standard InChI is InChI=1S/C29H48N4O3SSi2/c1-14-17-29(23-16-15-21-25(37-9)31-20-32-33(21)23)28(8,19-30)24(36-39(12,13)27(5,6)7)22(35-29)18-34-38(10,11)26(2,3)4/h14-16,20,22,24H,1,17-18H2,2-13H3/t22-,24?,28-,29+/m1/s1. The van der Waals surface area contributed by atoms with Gasteiger partial charge in [0.25, 0.3) is 0 Å². The molecular formula is C29H48N4O3SSi2. The van der Waals surface area contributed by atoms with Gasteiger partial charge in [0.15, 0.2) is 16.6 Å². The second kappa shape index (κ2) is 10.7. The highest BCUT2D eigenvalue weighted by Crippen LogP contribution is 2.58. The van der Waals surface area contributed by atoms with Crippen LogP contribution in [-0.4, -0.2) is 56.3 Å². The summed E-state index contributed by atoms with van der Waals surface area (Å²) in [6.45, 7) is 28.7. The number of fused-ring (bicyclic) bond motifs is 1. The number of rotatable bonds is 9. The van der Waals surface area contributed by atoms with E-state index in [1.54, 1.807) is 18.1 Å². The lowest BCUT2D eigenvalue weighted by atomic mass is 9.68. The average Bonchev–Trinajstić information content (AvgIpc) is 3.35. The summed E-state index contributed by atoms with van der Waals surface area (Å²) in [5.74, 6) is 0. The Hall–Kier alpha value is -1.49. The third-order valence-electron chi connectivity index (χ3n) is 9.43. The van der Waals surface area contributed by atoms with Crippen LogP contribution in [0.4, 0.5) is 0 Å². The molecule has 1 unspecified atom stereocenters. The van der Waals surface area contributed by atoms with E-state index in [0.717, 1.165) is 16.2 Å². The van der Waals surface area contributed by atoms with Gasteiger partial charge in [0.1, 0.15) is 28.5 Å². The molecule has 1 fully saturated rings. The Kier molecular flexibility index (Phi) is 8.81. The summed E-state index contributed by atoms with van der Waals surface area (Å²) < 4.78 is 22.9. The Balaban J connectivity index is 2.24. The molecule has 0 N–H and O–H groups in total. The van der Waals surface area contributed by atoms with Gasteiger partial charge in [0, 0.05) is 6.42 Å². The quantitative estimate of drug-likeness (QED) is 0.170. The molecule has 2 aromatic rings. The Morgan fingerprint density at radius 2 is 1.77 bits per heavy atom. The minimum Gasteiger partial charge on any atom is -0.414 e. The van der Waals surface area contributed by atoms with Gasteiger partial charge >= 0.3 is 0 Å². The molecule has 4 atom stereocenters. The minimum atomic E-state index is -2.30. The van der Waals surface area contributed by atoms with Crippen molar-refractivity contribution < 1.29 is 13.6 Å². The molecule has 1 saturated heterocycles. The molecular weight excluding hydrogens is 541 g/mol. The second-order valence-electron chi connectivity index (χ2n) is 13.9. The van der Waals surface area contributed by atoms with Gasteiger partial charge in [-0.25, -0.2) is 9.50 Å². The van der Waals surface area contributed by atoms with Gasteiger partial charge in [0.2, 0.25) is 0 Å². The van der Waals surface area contributed by atoms with E-state index in [-0.39, 0.29) is 10.1 Å². The third kappa shape index (κ3) is 5.43. The zero-order valence-electron chi connectivity index (χ0n) is 26.0. The summed E-state index contributed by atoms with van der Waals surface area (Å²) >= 11 is 1.56. The van der Waals surface area contributed by atoms with Crippen molar-refractivity contribution in [3.05, 3.63) is 36.8 Å². The van der Waals surface area contributed by atoms with Crippen LogP contribution in [0.1, 0.15) is 60.6 Å².